The van der Waals surface area contributed by atoms with E-state index in [1.165, 1.54) is 12.7 Å². The van der Waals surface area contributed by atoms with Gasteiger partial charge < -0.3 is 15.0 Å². The highest BCUT2D eigenvalue weighted by atomic mass is 16.5. The van der Waals surface area contributed by atoms with Crippen molar-refractivity contribution in [2.45, 2.75) is 19.4 Å². The van der Waals surface area contributed by atoms with Crippen LogP contribution in [0.2, 0.25) is 0 Å². The van der Waals surface area contributed by atoms with Crippen LogP contribution in [0.3, 0.4) is 0 Å². The van der Waals surface area contributed by atoms with Crippen molar-refractivity contribution in [1.29, 1.82) is 0 Å². The molecular weight excluding hydrogens is 454 g/mol. The highest BCUT2D eigenvalue weighted by Crippen LogP contribution is 2.50. The fourth-order valence-electron chi connectivity index (χ4n) is 4.87. The Morgan fingerprint density at radius 1 is 1.06 bits per heavy atom. The summed E-state index contributed by atoms with van der Waals surface area (Å²) in [5, 5.41) is 8.36. The van der Waals surface area contributed by atoms with Crippen LogP contribution in [0.25, 0.3) is 16.6 Å². The van der Waals surface area contributed by atoms with E-state index in [0.717, 1.165) is 45.7 Å². The number of hydrogen-bond donors (Lipinski definition) is 1. The van der Waals surface area contributed by atoms with Gasteiger partial charge in [-0.15, -0.1) is 0 Å². The Labute approximate surface area is 206 Å². The second kappa shape index (κ2) is 7.61. The number of anilines is 3. The molecule has 1 saturated carbocycles. The third kappa shape index (κ3) is 3.28. The van der Waals surface area contributed by atoms with Gasteiger partial charge in [0.25, 0.3) is 5.91 Å². The van der Waals surface area contributed by atoms with Gasteiger partial charge in [0.1, 0.15) is 30.0 Å². The molecule has 5 aromatic rings. The first kappa shape index (κ1) is 20.6. The molecule has 0 bridgehead atoms. The minimum atomic E-state index is 0.0105. The zero-order chi connectivity index (χ0) is 24.4. The number of pyridine rings is 1. The number of rotatable bonds is 5. The molecule has 176 valence electrons. The molecule has 9 nitrogen and oxygen atoms in total. The number of nitrogens with one attached hydrogen (secondary N) is 1. The molecule has 9 heteroatoms. The lowest BCUT2D eigenvalue weighted by Crippen LogP contribution is -2.28. The molecule has 1 aliphatic carbocycles. The molecule has 0 radical (unpaired) electrons. The first-order chi connectivity index (χ1) is 17.5. The Kier molecular flexibility index (Phi) is 4.35. The average molecular weight is 476 g/mol. The van der Waals surface area contributed by atoms with Gasteiger partial charge in [0, 0.05) is 46.6 Å². The fraction of sp³-hybridized carbons (Fsp3) is 0.148. The van der Waals surface area contributed by atoms with Crippen LogP contribution in [-0.2, 0) is 4.79 Å². The van der Waals surface area contributed by atoms with E-state index in [4.69, 9.17) is 4.74 Å². The standard InChI is InChI=1S/C27H21N7O2/c1-15-9-17(3-6-24(15)36-19-7-8-33-25(11-19)29-14-31-33)32-26-21-10-18(4-5-22(21)28-13-30-26)34-23-12-20(23)16(2)27(34)35/h3-11,13-14,20,23H,2,12H2,1H3,(H,28,30,32)/t20-,23-/m0/s1. The van der Waals surface area contributed by atoms with Gasteiger partial charge >= 0.3 is 0 Å². The van der Waals surface area contributed by atoms with Gasteiger partial charge in [-0.3, -0.25) is 4.79 Å². The highest BCUT2D eigenvalue weighted by Gasteiger charge is 2.54. The molecule has 1 N–H and O–H groups in total. The smallest absolute Gasteiger partial charge is 0.254 e. The topological polar surface area (TPSA) is 97.5 Å². The first-order valence-corrected chi connectivity index (χ1v) is 11.7. The number of carbonyl (C=O) groups is 1. The summed E-state index contributed by atoms with van der Waals surface area (Å²) in [6, 6.07) is 15.6. The summed E-state index contributed by atoms with van der Waals surface area (Å²) >= 11 is 0. The maximum absolute atomic E-state index is 12.7. The van der Waals surface area contributed by atoms with E-state index in [2.05, 4.69) is 31.9 Å². The summed E-state index contributed by atoms with van der Waals surface area (Å²) in [5.41, 5.74) is 4.90. The second-order valence-corrected chi connectivity index (χ2v) is 9.17. The van der Waals surface area contributed by atoms with Gasteiger partial charge in [0.05, 0.1) is 5.52 Å². The van der Waals surface area contributed by atoms with Crippen molar-refractivity contribution in [3.8, 4) is 11.5 Å². The number of carbonyl (C=O) groups excluding carboxylic acids is 1. The van der Waals surface area contributed by atoms with Crippen LogP contribution in [0.4, 0.5) is 17.2 Å². The number of amides is 1. The molecule has 1 amide bonds. The summed E-state index contributed by atoms with van der Waals surface area (Å²) < 4.78 is 7.77. The van der Waals surface area contributed by atoms with Crippen LogP contribution in [0.5, 0.6) is 11.5 Å². The molecule has 0 spiro atoms. The number of nitrogens with zero attached hydrogens (tertiary/aromatic N) is 6. The predicted molar refractivity (Wildman–Crippen MR) is 136 cm³/mol. The molecule has 2 aromatic carbocycles. The predicted octanol–water partition coefficient (Wildman–Crippen LogP) is 4.81. The summed E-state index contributed by atoms with van der Waals surface area (Å²) in [6.07, 6.45) is 5.84. The third-order valence-electron chi connectivity index (χ3n) is 6.84. The van der Waals surface area contributed by atoms with Crippen molar-refractivity contribution in [2.24, 2.45) is 5.92 Å². The van der Waals surface area contributed by atoms with Gasteiger partial charge in [0.2, 0.25) is 0 Å². The Hall–Kier alpha value is -4.79. The number of piperidine rings is 1. The Morgan fingerprint density at radius 3 is 2.81 bits per heavy atom. The zero-order valence-corrected chi connectivity index (χ0v) is 19.4. The monoisotopic (exact) mass is 475 g/mol. The molecule has 2 aliphatic rings. The Balaban J connectivity index is 1.17. The van der Waals surface area contributed by atoms with Gasteiger partial charge in [-0.1, -0.05) is 6.58 Å². The van der Waals surface area contributed by atoms with Crippen LogP contribution in [0.1, 0.15) is 12.0 Å². The number of aromatic nitrogens is 5. The number of fused-ring (bicyclic) bond motifs is 3. The summed E-state index contributed by atoms with van der Waals surface area (Å²) in [5.74, 6) is 2.40. The van der Waals surface area contributed by atoms with E-state index in [1.54, 1.807) is 4.52 Å². The molecule has 1 aliphatic heterocycles. The van der Waals surface area contributed by atoms with Gasteiger partial charge in [-0.25, -0.2) is 19.5 Å². The van der Waals surface area contributed by atoms with Crippen molar-refractivity contribution < 1.29 is 9.53 Å². The van der Waals surface area contributed by atoms with Crippen molar-refractivity contribution in [2.75, 3.05) is 10.2 Å². The zero-order valence-electron chi connectivity index (χ0n) is 19.4. The minimum Gasteiger partial charge on any atom is -0.457 e. The van der Waals surface area contributed by atoms with Crippen molar-refractivity contribution >= 4 is 39.6 Å². The quantitative estimate of drug-likeness (QED) is 0.364. The molecule has 7 rings (SSSR count). The van der Waals surface area contributed by atoms with Gasteiger partial charge in [0.15, 0.2) is 5.65 Å². The number of hydrogen-bond acceptors (Lipinski definition) is 7. The molecule has 1 saturated heterocycles. The third-order valence-corrected chi connectivity index (χ3v) is 6.84. The number of ether oxygens (including phenoxy) is 1. The van der Waals surface area contributed by atoms with E-state index in [0.29, 0.717) is 23.1 Å². The summed E-state index contributed by atoms with van der Waals surface area (Å²) in [6.45, 7) is 5.97. The number of aryl methyl sites for hydroxylation is 1. The van der Waals surface area contributed by atoms with Crippen LogP contribution < -0.4 is 15.0 Å². The van der Waals surface area contributed by atoms with E-state index in [1.807, 2.05) is 66.6 Å². The van der Waals surface area contributed by atoms with E-state index >= 15 is 0 Å². The minimum absolute atomic E-state index is 0.0105. The molecule has 2 fully saturated rings. The molecule has 4 heterocycles. The second-order valence-electron chi connectivity index (χ2n) is 9.17. The van der Waals surface area contributed by atoms with E-state index in [-0.39, 0.29) is 11.9 Å². The summed E-state index contributed by atoms with van der Waals surface area (Å²) in [4.78, 5) is 27.6. The maximum atomic E-state index is 12.7. The summed E-state index contributed by atoms with van der Waals surface area (Å²) in [7, 11) is 0. The van der Waals surface area contributed by atoms with E-state index in [9.17, 15) is 4.79 Å². The maximum Gasteiger partial charge on any atom is 0.254 e. The molecule has 3 aromatic heterocycles. The molecule has 2 atom stereocenters. The van der Waals surface area contributed by atoms with Crippen LogP contribution in [0.15, 0.2) is 79.5 Å². The molecular formula is C27H21N7O2. The van der Waals surface area contributed by atoms with Crippen LogP contribution >= 0.6 is 0 Å². The van der Waals surface area contributed by atoms with Crippen molar-refractivity contribution in [1.82, 2.24) is 24.6 Å². The van der Waals surface area contributed by atoms with Gasteiger partial charge in [-0.05, 0) is 61.4 Å². The Morgan fingerprint density at radius 2 is 1.97 bits per heavy atom. The normalized spacial score (nSPS) is 18.6. The van der Waals surface area contributed by atoms with Crippen molar-refractivity contribution in [3.05, 3.63) is 85.1 Å². The lowest BCUT2D eigenvalue weighted by molar-refractivity contribution is -0.114. The van der Waals surface area contributed by atoms with Gasteiger partial charge in [-0.2, -0.15) is 5.10 Å². The Bertz CT molecular complexity index is 1710. The SMILES string of the molecule is C=C1C(=O)N(c2ccc3ncnc(Nc4ccc(Oc5ccn6ncnc6c5)c(C)c4)c3c2)[C@H]2C[C@@H]12. The van der Waals surface area contributed by atoms with Crippen LogP contribution in [0, 0.1) is 12.8 Å². The van der Waals surface area contributed by atoms with Crippen molar-refractivity contribution in [3.63, 3.8) is 0 Å². The first-order valence-electron chi connectivity index (χ1n) is 11.7. The molecule has 0 unspecified atom stereocenters. The number of benzene rings is 2. The highest BCUT2D eigenvalue weighted by molar-refractivity contribution is 6.11. The lowest BCUT2D eigenvalue weighted by atomic mass is 10.1. The van der Waals surface area contributed by atoms with Crippen LogP contribution in [-0.4, -0.2) is 36.5 Å². The molecule has 36 heavy (non-hydrogen) atoms. The lowest BCUT2D eigenvalue weighted by Gasteiger charge is -2.19. The fourth-order valence-corrected chi connectivity index (χ4v) is 4.87. The van der Waals surface area contributed by atoms with E-state index < -0.39 is 0 Å². The average Bonchev–Trinajstić information content (AvgIpc) is 3.44. The largest absolute Gasteiger partial charge is 0.457 e.